The lowest BCUT2D eigenvalue weighted by Crippen LogP contribution is -2.30. The number of aryl methyl sites for hydroxylation is 1. The highest BCUT2D eigenvalue weighted by Gasteiger charge is 2.21. The topological polar surface area (TPSA) is 141 Å². The number of amides is 3. The zero-order valence-corrected chi connectivity index (χ0v) is 27.0. The first-order chi connectivity index (χ1) is 21.7. The van der Waals surface area contributed by atoms with Crippen LogP contribution in [0.4, 0.5) is 10.8 Å². The van der Waals surface area contributed by atoms with Crippen LogP contribution in [0.1, 0.15) is 34.3 Å². The van der Waals surface area contributed by atoms with Gasteiger partial charge < -0.3 is 24.8 Å². The van der Waals surface area contributed by atoms with Crippen LogP contribution in [0.2, 0.25) is 0 Å². The van der Waals surface area contributed by atoms with Crippen LogP contribution in [0.25, 0.3) is 6.08 Å². The molecule has 1 aromatic heterocycles. The van der Waals surface area contributed by atoms with Crippen molar-refractivity contribution < 1.29 is 28.6 Å². The van der Waals surface area contributed by atoms with E-state index >= 15 is 0 Å². The van der Waals surface area contributed by atoms with E-state index in [-0.39, 0.29) is 11.6 Å². The van der Waals surface area contributed by atoms with Crippen LogP contribution in [0.5, 0.6) is 17.2 Å². The van der Waals surface area contributed by atoms with Crippen molar-refractivity contribution in [2.75, 3.05) is 32.0 Å². The number of hydrogen-bond acceptors (Lipinski definition) is 10. The molecule has 1 atom stereocenters. The fourth-order valence-corrected chi connectivity index (χ4v) is 5.74. The van der Waals surface area contributed by atoms with Gasteiger partial charge in [-0.3, -0.25) is 19.7 Å². The summed E-state index contributed by atoms with van der Waals surface area (Å²) < 4.78 is 16.3. The summed E-state index contributed by atoms with van der Waals surface area (Å²) in [6.07, 6.45) is 2.07. The molecule has 0 aliphatic heterocycles. The zero-order valence-electron chi connectivity index (χ0n) is 25.4. The van der Waals surface area contributed by atoms with Crippen LogP contribution < -0.4 is 30.2 Å². The van der Waals surface area contributed by atoms with Gasteiger partial charge in [-0.05, 0) is 55.8 Å². The second-order valence-corrected chi connectivity index (χ2v) is 11.9. The summed E-state index contributed by atoms with van der Waals surface area (Å²) >= 11 is 2.67. The first kappa shape index (κ1) is 33.0. The zero-order chi connectivity index (χ0) is 32.3. The van der Waals surface area contributed by atoms with Gasteiger partial charge >= 0.3 is 0 Å². The lowest BCUT2D eigenvalue weighted by molar-refractivity contribution is -0.116. The summed E-state index contributed by atoms with van der Waals surface area (Å²) in [7, 11) is 4.49. The number of aromatic nitrogens is 2. The van der Waals surface area contributed by atoms with Crippen molar-refractivity contribution in [3.63, 3.8) is 0 Å². The fourth-order valence-electron chi connectivity index (χ4n) is 4.13. The molecule has 45 heavy (non-hydrogen) atoms. The van der Waals surface area contributed by atoms with Gasteiger partial charge in [0.25, 0.3) is 11.8 Å². The summed E-state index contributed by atoms with van der Waals surface area (Å²) in [6, 6.07) is 19.0. The van der Waals surface area contributed by atoms with Crippen molar-refractivity contribution in [2.24, 2.45) is 0 Å². The molecule has 3 N–H and O–H groups in total. The molecule has 0 spiro atoms. The number of rotatable bonds is 13. The van der Waals surface area contributed by atoms with Gasteiger partial charge in [0.1, 0.15) is 16.5 Å². The standard InChI is InChI=1S/C32H33N5O6S2/c1-6-28(31(40)35-32-37-36-19(2)44-32)45-23-14-10-13-22(17-23)33-30(39)24(34-29(38)20-11-8-7-9-12-20)15-21-16-26(42-4)27(43-5)18-25(21)41-3/h7-18,28H,6H2,1-5H3,(H,33,39)(H,34,38)(H,35,37,40)/b24-15+. The quantitative estimate of drug-likeness (QED) is 0.121. The summed E-state index contributed by atoms with van der Waals surface area (Å²) in [5.41, 5.74) is 1.28. The molecular formula is C32H33N5O6S2. The van der Waals surface area contributed by atoms with Crippen LogP contribution >= 0.6 is 23.1 Å². The van der Waals surface area contributed by atoms with Crippen LogP contribution in [0.15, 0.2) is 77.3 Å². The highest BCUT2D eigenvalue weighted by atomic mass is 32.2. The largest absolute Gasteiger partial charge is 0.496 e. The second-order valence-electron chi connectivity index (χ2n) is 9.44. The SMILES string of the molecule is CCC(Sc1cccc(NC(=O)/C(=C\c2cc(OC)c(OC)cc2OC)NC(=O)c2ccccc2)c1)C(=O)Nc1nnc(C)s1. The Balaban J connectivity index is 1.59. The third-order valence-electron chi connectivity index (χ3n) is 6.35. The molecule has 0 bridgehead atoms. The maximum atomic E-state index is 13.7. The van der Waals surface area contributed by atoms with E-state index < -0.39 is 17.1 Å². The Hall–Kier alpha value is -4.88. The second kappa shape index (κ2) is 15.7. The molecular weight excluding hydrogens is 615 g/mol. The predicted molar refractivity (Wildman–Crippen MR) is 176 cm³/mol. The number of ether oxygens (including phenoxy) is 3. The third-order valence-corrected chi connectivity index (χ3v) is 8.47. The lowest BCUT2D eigenvalue weighted by atomic mass is 10.1. The van der Waals surface area contributed by atoms with E-state index in [1.165, 1.54) is 50.5 Å². The number of carbonyl (C=O) groups excluding carboxylic acids is 3. The molecule has 4 aromatic rings. The van der Waals surface area contributed by atoms with E-state index in [1.807, 2.05) is 19.9 Å². The number of hydrogen-bond donors (Lipinski definition) is 3. The van der Waals surface area contributed by atoms with Crippen LogP contribution in [-0.2, 0) is 9.59 Å². The van der Waals surface area contributed by atoms with E-state index in [0.29, 0.717) is 45.6 Å². The molecule has 1 heterocycles. The van der Waals surface area contributed by atoms with Crippen LogP contribution in [-0.4, -0.2) is 54.5 Å². The monoisotopic (exact) mass is 647 g/mol. The molecule has 11 nitrogen and oxygen atoms in total. The molecule has 13 heteroatoms. The van der Waals surface area contributed by atoms with Gasteiger partial charge in [-0.2, -0.15) is 0 Å². The van der Waals surface area contributed by atoms with E-state index in [0.717, 1.165) is 9.90 Å². The van der Waals surface area contributed by atoms with Crippen molar-refractivity contribution >= 4 is 57.7 Å². The maximum absolute atomic E-state index is 13.7. The molecule has 0 radical (unpaired) electrons. The Labute approximate surface area is 269 Å². The molecule has 3 aromatic carbocycles. The smallest absolute Gasteiger partial charge is 0.272 e. The lowest BCUT2D eigenvalue weighted by Gasteiger charge is -2.16. The van der Waals surface area contributed by atoms with Crippen molar-refractivity contribution in [1.29, 1.82) is 0 Å². The Morgan fingerprint density at radius 2 is 1.60 bits per heavy atom. The first-order valence-electron chi connectivity index (χ1n) is 13.8. The number of carbonyl (C=O) groups is 3. The number of nitrogens with zero attached hydrogens (tertiary/aromatic N) is 2. The number of thioether (sulfide) groups is 1. The van der Waals surface area contributed by atoms with Crippen LogP contribution in [0.3, 0.4) is 0 Å². The highest BCUT2D eigenvalue weighted by molar-refractivity contribution is 8.00. The molecule has 0 saturated heterocycles. The number of benzene rings is 3. The average Bonchev–Trinajstić information content (AvgIpc) is 3.47. The van der Waals surface area contributed by atoms with Gasteiger partial charge in [0.2, 0.25) is 11.0 Å². The third kappa shape index (κ3) is 8.83. The molecule has 0 saturated carbocycles. The van der Waals surface area contributed by atoms with Gasteiger partial charge in [-0.25, -0.2) is 0 Å². The molecule has 0 aliphatic rings. The van der Waals surface area contributed by atoms with E-state index in [1.54, 1.807) is 60.7 Å². The summed E-state index contributed by atoms with van der Waals surface area (Å²) in [4.78, 5) is 40.5. The normalized spacial score (nSPS) is 11.7. The fraction of sp³-hybridized carbons (Fsp3) is 0.219. The van der Waals surface area contributed by atoms with E-state index in [9.17, 15) is 14.4 Å². The number of anilines is 2. The maximum Gasteiger partial charge on any atom is 0.272 e. The Bertz CT molecular complexity index is 1690. The minimum absolute atomic E-state index is 0.0365. The highest BCUT2D eigenvalue weighted by Crippen LogP contribution is 2.36. The minimum atomic E-state index is -0.574. The van der Waals surface area contributed by atoms with Crippen molar-refractivity contribution in [1.82, 2.24) is 15.5 Å². The van der Waals surface area contributed by atoms with E-state index in [2.05, 4.69) is 26.1 Å². The molecule has 1 unspecified atom stereocenters. The summed E-state index contributed by atoms with van der Waals surface area (Å²) in [6.45, 7) is 3.74. The summed E-state index contributed by atoms with van der Waals surface area (Å²) in [5, 5.41) is 17.1. The Morgan fingerprint density at radius 3 is 2.24 bits per heavy atom. The molecule has 0 fully saturated rings. The van der Waals surface area contributed by atoms with Gasteiger partial charge in [-0.15, -0.1) is 22.0 Å². The van der Waals surface area contributed by atoms with Gasteiger partial charge in [0.15, 0.2) is 11.5 Å². The molecule has 3 amide bonds. The number of methoxy groups -OCH3 is 3. The molecule has 4 rings (SSSR count). The first-order valence-corrected chi connectivity index (χ1v) is 15.5. The van der Waals surface area contributed by atoms with Gasteiger partial charge in [0, 0.05) is 27.8 Å². The number of nitrogens with one attached hydrogen (secondary N) is 3. The van der Waals surface area contributed by atoms with Crippen molar-refractivity contribution in [3.05, 3.63) is 88.6 Å². The van der Waals surface area contributed by atoms with Crippen molar-refractivity contribution in [2.45, 2.75) is 30.4 Å². The summed E-state index contributed by atoms with van der Waals surface area (Å²) in [5.74, 6) is 0.0263. The Kier molecular flexibility index (Phi) is 11.5. The van der Waals surface area contributed by atoms with Gasteiger partial charge in [-0.1, -0.05) is 42.5 Å². The van der Waals surface area contributed by atoms with Crippen LogP contribution in [0, 0.1) is 6.92 Å². The minimum Gasteiger partial charge on any atom is -0.496 e. The van der Waals surface area contributed by atoms with Gasteiger partial charge in [0.05, 0.1) is 26.6 Å². The molecule has 234 valence electrons. The molecule has 0 aliphatic carbocycles. The predicted octanol–water partition coefficient (Wildman–Crippen LogP) is 5.79. The Morgan fingerprint density at radius 1 is 0.889 bits per heavy atom. The van der Waals surface area contributed by atoms with E-state index in [4.69, 9.17) is 14.2 Å². The van der Waals surface area contributed by atoms with Crippen molar-refractivity contribution in [3.8, 4) is 17.2 Å². The average molecular weight is 648 g/mol.